The first kappa shape index (κ1) is 9.44. The maximum atomic E-state index is 5.24. The lowest BCUT2D eigenvalue weighted by molar-refractivity contribution is 0.941. The Bertz CT molecular complexity index is 352. The predicted octanol–water partition coefficient (Wildman–Crippen LogP) is 0.307. The third kappa shape index (κ3) is 1.93. The average molecular weight is 179 g/mol. The third-order valence-electron chi connectivity index (χ3n) is 1.97. The molecule has 0 aliphatic carbocycles. The minimum atomic E-state index is 0.000605. The van der Waals surface area contributed by atoms with Crippen LogP contribution in [0.1, 0.15) is 16.8 Å². The molecule has 0 spiro atoms. The van der Waals surface area contributed by atoms with Gasteiger partial charge < -0.3 is 11.5 Å². The van der Waals surface area contributed by atoms with Gasteiger partial charge in [-0.1, -0.05) is 0 Å². The van der Waals surface area contributed by atoms with Gasteiger partial charge in [0, 0.05) is 5.56 Å². The molecule has 0 atom stereocenters. The lowest BCUT2D eigenvalue weighted by Gasteiger charge is -2.04. The summed E-state index contributed by atoms with van der Waals surface area (Å²) in [6.45, 7) is 5.78. The molecule has 1 aromatic heterocycles. The van der Waals surface area contributed by atoms with E-state index in [0.717, 1.165) is 16.8 Å². The first-order valence-electron chi connectivity index (χ1n) is 3.92. The van der Waals surface area contributed by atoms with Crippen molar-refractivity contribution in [1.29, 1.82) is 0 Å². The van der Waals surface area contributed by atoms with Gasteiger partial charge in [0.1, 0.15) is 0 Å². The van der Waals surface area contributed by atoms with Gasteiger partial charge >= 0.3 is 0 Å². The van der Waals surface area contributed by atoms with Gasteiger partial charge in [0.25, 0.3) is 0 Å². The highest BCUT2D eigenvalue weighted by Gasteiger charge is 2.05. The minimum absolute atomic E-state index is 0.000605. The van der Waals surface area contributed by atoms with Gasteiger partial charge in [0.2, 0.25) is 0 Å². The van der Waals surface area contributed by atoms with Gasteiger partial charge in [0.15, 0.2) is 11.8 Å². The highest BCUT2D eigenvalue weighted by atomic mass is 15.2. The van der Waals surface area contributed by atoms with Crippen molar-refractivity contribution in [3.05, 3.63) is 16.8 Å². The van der Waals surface area contributed by atoms with E-state index in [-0.39, 0.29) is 5.96 Å². The largest absolute Gasteiger partial charge is 0.370 e. The lowest BCUT2D eigenvalue weighted by atomic mass is 10.1. The number of aliphatic imine (C=N–C) groups is 1. The number of guanidine groups is 1. The first-order chi connectivity index (χ1) is 6.02. The molecule has 0 fully saturated rings. The second kappa shape index (κ2) is 3.38. The van der Waals surface area contributed by atoms with Crippen molar-refractivity contribution in [3.8, 4) is 0 Å². The maximum absolute atomic E-state index is 5.24. The standard InChI is InChI=1S/C8H13N5/c1-4-5(2)7(11-8(9)10)13-12-6(4)3/h1-3H3,(H4,9,10,11,13). The summed E-state index contributed by atoms with van der Waals surface area (Å²) in [7, 11) is 0. The highest BCUT2D eigenvalue weighted by Crippen LogP contribution is 2.18. The third-order valence-corrected chi connectivity index (χ3v) is 1.97. The fraction of sp³-hybridized carbons (Fsp3) is 0.375. The second-order valence-corrected chi connectivity index (χ2v) is 2.90. The molecule has 4 N–H and O–H groups in total. The van der Waals surface area contributed by atoms with Crippen LogP contribution in [0.25, 0.3) is 0 Å². The Kier molecular flexibility index (Phi) is 2.46. The summed E-state index contributed by atoms with van der Waals surface area (Å²) in [5.41, 5.74) is 13.4. The maximum Gasteiger partial charge on any atom is 0.192 e. The smallest absolute Gasteiger partial charge is 0.192 e. The van der Waals surface area contributed by atoms with Crippen molar-refractivity contribution in [2.45, 2.75) is 20.8 Å². The predicted molar refractivity (Wildman–Crippen MR) is 51.7 cm³/mol. The van der Waals surface area contributed by atoms with Crippen LogP contribution in [0.3, 0.4) is 0 Å². The van der Waals surface area contributed by atoms with Crippen LogP contribution >= 0.6 is 0 Å². The highest BCUT2D eigenvalue weighted by molar-refractivity contribution is 5.78. The summed E-state index contributed by atoms with van der Waals surface area (Å²) in [6, 6.07) is 0. The second-order valence-electron chi connectivity index (χ2n) is 2.90. The summed E-state index contributed by atoms with van der Waals surface area (Å²) in [5, 5.41) is 7.81. The first-order valence-corrected chi connectivity index (χ1v) is 3.92. The van der Waals surface area contributed by atoms with Crippen molar-refractivity contribution >= 4 is 11.8 Å². The Hall–Kier alpha value is -1.65. The summed E-state index contributed by atoms with van der Waals surface area (Å²) >= 11 is 0. The summed E-state index contributed by atoms with van der Waals surface area (Å²) < 4.78 is 0. The van der Waals surface area contributed by atoms with Gasteiger partial charge in [0.05, 0.1) is 5.69 Å². The van der Waals surface area contributed by atoms with Crippen molar-refractivity contribution in [2.75, 3.05) is 0 Å². The van der Waals surface area contributed by atoms with E-state index in [1.807, 2.05) is 20.8 Å². The van der Waals surface area contributed by atoms with Crippen molar-refractivity contribution in [2.24, 2.45) is 16.5 Å². The van der Waals surface area contributed by atoms with E-state index >= 15 is 0 Å². The molecular formula is C8H13N5. The summed E-state index contributed by atoms with van der Waals surface area (Å²) in [5.74, 6) is 0.490. The molecule has 1 aromatic rings. The van der Waals surface area contributed by atoms with E-state index in [9.17, 15) is 0 Å². The zero-order valence-electron chi connectivity index (χ0n) is 8.00. The number of aromatic nitrogens is 2. The van der Waals surface area contributed by atoms with Crippen molar-refractivity contribution in [1.82, 2.24) is 10.2 Å². The number of rotatable bonds is 1. The molecule has 5 heteroatoms. The van der Waals surface area contributed by atoms with Gasteiger partial charge in [-0.3, -0.25) is 0 Å². The summed E-state index contributed by atoms with van der Waals surface area (Å²) in [4.78, 5) is 3.86. The van der Waals surface area contributed by atoms with Crippen LogP contribution in [-0.2, 0) is 0 Å². The van der Waals surface area contributed by atoms with E-state index < -0.39 is 0 Å². The Labute approximate surface area is 76.9 Å². The molecule has 0 saturated carbocycles. The van der Waals surface area contributed by atoms with Gasteiger partial charge in [-0.15, -0.1) is 5.10 Å². The molecule has 0 aromatic carbocycles. The van der Waals surface area contributed by atoms with Crippen LogP contribution in [0.15, 0.2) is 4.99 Å². The van der Waals surface area contributed by atoms with Crippen molar-refractivity contribution < 1.29 is 0 Å². The Morgan fingerprint density at radius 2 is 1.69 bits per heavy atom. The van der Waals surface area contributed by atoms with Crippen molar-refractivity contribution in [3.63, 3.8) is 0 Å². The SMILES string of the molecule is Cc1nnc(N=C(N)N)c(C)c1C. The van der Waals surface area contributed by atoms with Crippen LogP contribution < -0.4 is 11.5 Å². The molecule has 70 valence electrons. The van der Waals surface area contributed by atoms with E-state index in [0.29, 0.717) is 5.82 Å². The number of hydrogen-bond acceptors (Lipinski definition) is 3. The van der Waals surface area contributed by atoms with Crippen LogP contribution in [-0.4, -0.2) is 16.2 Å². The van der Waals surface area contributed by atoms with Crippen LogP contribution in [0.5, 0.6) is 0 Å². The molecular weight excluding hydrogens is 166 g/mol. The van der Waals surface area contributed by atoms with E-state index in [2.05, 4.69) is 15.2 Å². The Balaban J connectivity index is 3.26. The molecule has 0 saturated heterocycles. The molecule has 0 amide bonds. The van der Waals surface area contributed by atoms with Crippen LogP contribution in [0, 0.1) is 20.8 Å². The number of nitrogens with zero attached hydrogens (tertiary/aromatic N) is 3. The van der Waals surface area contributed by atoms with Crippen LogP contribution in [0.4, 0.5) is 5.82 Å². The van der Waals surface area contributed by atoms with E-state index in [1.165, 1.54) is 0 Å². The van der Waals surface area contributed by atoms with E-state index in [4.69, 9.17) is 11.5 Å². The van der Waals surface area contributed by atoms with Crippen LogP contribution in [0.2, 0.25) is 0 Å². The molecule has 13 heavy (non-hydrogen) atoms. The van der Waals surface area contributed by atoms with Gasteiger partial charge in [-0.25, -0.2) is 0 Å². The quantitative estimate of drug-likeness (QED) is 0.479. The Morgan fingerprint density at radius 1 is 1.08 bits per heavy atom. The molecule has 0 aliphatic heterocycles. The summed E-state index contributed by atoms with van der Waals surface area (Å²) in [6.07, 6.45) is 0. The molecule has 0 unspecified atom stereocenters. The zero-order valence-corrected chi connectivity index (χ0v) is 8.00. The fourth-order valence-corrected chi connectivity index (χ4v) is 0.940. The molecule has 0 aliphatic rings. The molecule has 0 bridgehead atoms. The fourth-order valence-electron chi connectivity index (χ4n) is 0.940. The average Bonchev–Trinajstić information content (AvgIpc) is 2.06. The number of hydrogen-bond donors (Lipinski definition) is 2. The Morgan fingerprint density at radius 3 is 2.23 bits per heavy atom. The molecule has 1 heterocycles. The zero-order chi connectivity index (χ0) is 10.0. The van der Waals surface area contributed by atoms with Gasteiger partial charge in [-0.2, -0.15) is 10.1 Å². The molecule has 1 rings (SSSR count). The minimum Gasteiger partial charge on any atom is -0.370 e. The molecule has 5 nitrogen and oxygen atoms in total. The number of aryl methyl sites for hydroxylation is 1. The molecule has 0 radical (unpaired) electrons. The topological polar surface area (TPSA) is 90.2 Å². The van der Waals surface area contributed by atoms with Gasteiger partial charge in [-0.05, 0) is 26.3 Å². The lowest BCUT2D eigenvalue weighted by Crippen LogP contribution is -2.22. The monoisotopic (exact) mass is 179 g/mol. The number of nitrogens with two attached hydrogens (primary N) is 2. The van der Waals surface area contributed by atoms with E-state index in [1.54, 1.807) is 0 Å². The normalized spacial score (nSPS) is 9.77.